The van der Waals surface area contributed by atoms with E-state index in [4.69, 9.17) is 4.52 Å². The maximum atomic E-state index is 13.1. The fraction of sp³-hybridized carbons (Fsp3) is 0.421. The summed E-state index contributed by atoms with van der Waals surface area (Å²) in [4.78, 5) is 30.6. The lowest BCUT2D eigenvalue weighted by molar-refractivity contribution is -0.136. The summed E-state index contributed by atoms with van der Waals surface area (Å²) in [5.74, 6) is 0.382. The van der Waals surface area contributed by atoms with Crippen LogP contribution in [0.2, 0.25) is 0 Å². The van der Waals surface area contributed by atoms with Gasteiger partial charge in [-0.3, -0.25) is 14.5 Å². The normalized spacial score (nSPS) is 20.4. The molecule has 0 radical (unpaired) electrons. The fourth-order valence-corrected chi connectivity index (χ4v) is 3.67. The van der Waals surface area contributed by atoms with Crippen LogP contribution in [0.15, 0.2) is 34.9 Å². The first-order valence-corrected chi connectivity index (χ1v) is 9.04. The Hall–Kier alpha value is -2.90. The molecule has 2 aliphatic rings. The first-order valence-electron chi connectivity index (χ1n) is 9.04. The zero-order valence-corrected chi connectivity index (χ0v) is 15.1. The monoisotopic (exact) mass is 372 g/mol. The Balaban J connectivity index is 1.35. The van der Waals surface area contributed by atoms with E-state index >= 15 is 0 Å². The average molecular weight is 372 g/mol. The number of piperazine rings is 1. The summed E-state index contributed by atoms with van der Waals surface area (Å²) in [6.07, 6.45) is 0.197. The van der Waals surface area contributed by atoms with Gasteiger partial charge < -0.3 is 14.3 Å². The third-order valence-electron chi connectivity index (χ3n) is 5.15. The lowest BCUT2D eigenvalue weighted by Crippen LogP contribution is -2.50. The molecule has 7 nitrogen and oxygen atoms in total. The SMILES string of the molecule is Cc1cc(N2CC(C(=O)N3CCN(c4ccc(F)cc4)CC3)CC2=O)no1. The van der Waals surface area contributed by atoms with Gasteiger partial charge in [-0.25, -0.2) is 4.39 Å². The average Bonchev–Trinajstić information content (AvgIpc) is 3.27. The van der Waals surface area contributed by atoms with Crippen molar-refractivity contribution in [2.75, 3.05) is 42.5 Å². The maximum absolute atomic E-state index is 13.1. The van der Waals surface area contributed by atoms with E-state index < -0.39 is 0 Å². The zero-order valence-electron chi connectivity index (χ0n) is 15.1. The van der Waals surface area contributed by atoms with Gasteiger partial charge in [-0.05, 0) is 31.2 Å². The van der Waals surface area contributed by atoms with E-state index in [1.165, 1.54) is 17.0 Å². The number of rotatable bonds is 3. The van der Waals surface area contributed by atoms with E-state index in [1.54, 1.807) is 25.1 Å². The van der Waals surface area contributed by atoms with E-state index in [9.17, 15) is 14.0 Å². The van der Waals surface area contributed by atoms with Gasteiger partial charge in [0.05, 0.1) is 5.92 Å². The number of nitrogens with zero attached hydrogens (tertiary/aromatic N) is 4. The van der Waals surface area contributed by atoms with Crippen molar-refractivity contribution in [3.8, 4) is 0 Å². The Morgan fingerprint density at radius 3 is 2.52 bits per heavy atom. The van der Waals surface area contributed by atoms with Crippen molar-refractivity contribution >= 4 is 23.3 Å². The minimum Gasteiger partial charge on any atom is -0.368 e. The van der Waals surface area contributed by atoms with Gasteiger partial charge in [0.15, 0.2) is 5.82 Å². The molecule has 2 fully saturated rings. The van der Waals surface area contributed by atoms with Crippen molar-refractivity contribution in [1.29, 1.82) is 0 Å². The van der Waals surface area contributed by atoms with Crippen LogP contribution in [0.3, 0.4) is 0 Å². The smallest absolute Gasteiger partial charge is 0.229 e. The summed E-state index contributed by atoms with van der Waals surface area (Å²) in [5.41, 5.74) is 0.951. The molecule has 1 aromatic carbocycles. The predicted molar refractivity (Wildman–Crippen MR) is 96.9 cm³/mol. The van der Waals surface area contributed by atoms with Crippen LogP contribution in [0.25, 0.3) is 0 Å². The largest absolute Gasteiger partial charge is 0.368 e. The van der Waals surface area contributed by atoms with Crippen LogP contribution in [0.4, 0.5) is 15.9 Å². The van der Waals surface area contributed by atoms with E-state index in [0.717, 1.165) is 5.69 Å². The van der Waals surface area contributed by atoms with E-state index in [2.05, 4.69) is 10.1 Å². The highest BCUT2D eigenvalue weighted by Crippen LogP contribution is 2.26. The number of carbonyl (C=O) groups is 2. The summed E-state index contributed by atoms with van der Waals surface area (Å²) >= 11 is 0. The van der Waals surface area contributed by atoms with Crippen molar-refractivity contribution in [3.05, 3.63) is 41.9 Å². The second kappa shape index (κ2) is 7.02. The first kappa shape index (κ1) is 17.5. The van der Waals surface area contributed by atoms with Gasteiger partial charge in [0.1, 0.15) is 11.6 Å². The second-order valence-corrected chi connectivity index (χ2v) is 6.99. The molecule has 1 atom stereocenters. The standard InChI is InChI=1S/C19H21FN4O3/c1-13-10-17(21-27-13)24-12-14(11-18(24)25)19(26)23-8-6-22(7-9-23)16-4-2-15(20)3-5-16/h2-5,10,14H,6-9,11-12H2,1H3. The van der Waals surface area contributed by atoms with Gasteiger partial charge in [0.25, 0.3) is 0 Å². The molecule has 1 aromatic heterocycles. The molecule has 4 rings (SSSR count). The number of aryl methyl sites for hydroxylation is 1. The molecular formula is C19H21FN4O3. The number of halogens is 1. The van der Waals surface area contributed by atoms with E-state index in [1.807, 2.05) is 4.90 Å². The van der Waals surface area contributed by atoms with Gasteiger partial charge in [0, 0.05) is 50.9 Å². The molecule has 2 amide bonds. The number of amides is 2. The summed E-state index contributed by atoms with van der Waals surface area (Å²) in [6, 6.07) is 8.08. The highest BCUT2D eigenvalue weighted by molar-refractivity contribution is 5.99. The zero-order chi connectivity index (χ0) is 19.0. The Bertz CT molecular complexity index is 843. The lowest BCUT2D eigenvalue weighted by atomic mass is 10.1. The molecule has 1 unspecified atom stereocenters. The van der Waals surface area contributed by atoms with Crippen LogP contribution < -0.4 is 9.80 Å². The van der Waals surface area contributed by atoms with Crippen LogP contribution in [-0.4, -0.2) is 54.6 Å². The van der Waals surface area contributed by atoms with Gasteiger partial charge in [0.2, 0.25) is 11.8 Å². The van der Waals surface area contributed by atoms with Crippen molar-refractivity contribution < 1.29 is 18.5 Å². The Morgan fingerprint density at radius 1 is 1.19 bits per heavy atom. The highest BCUT2D eigenvalue weighted by atomic mass is 19.1. The first-order chi connectivity index (χ1) is 13.0. The molecule has 3 heterocycles. The van der Waals surface area contributed by atoms with Crippen LogP contribution in [0.5, 0.6) is 0 Å². The molecule has 0 aliphatic carbocycles. The third kappa shape index (κ3) is 3.51. The molecule has 8 heteroatoms. The van der Waals surface area contributed by atoms with Gasteiger partial charge >= 0.3 is 0 Å². The Labute approximate surface area is 156 Å². The highest BCUT2D eigenvalue weighted by Gasteiger charge is 2.39. The molecule has 0 N–H and O–H groups in total. The van der Waals surface area contributed by atoms with E-state index in [-0.39, 0.29) is 30.0 Å². The van der Waals surface area contributed by atoms with Crippen molar-refractivity contribution in [3.63, 3.8) is 0 Å². The molecule has 2 aromatic rings. The minimum atomic E-state index is -0.355. The van der Waals surface area contributed by atoms with E-state index in [0.29, 0.717) is 44.3 Å². The Morgan fingerprint density at radius 2 is 1.89 bits per heavy atom. The number of carbonyl (C=O) groups excluding carboxylic acids is 2. The summed E-state index contributed by atoms with van der Waals surface area (Å²) in [6.45, 7) is 4.64. The number of hydrogen-bond acceptors (Lipinski definition) is 5. The summed E-state index contributed by atoms with van der Waals surface area (Å²) in [7, 11) is 0. The maximum Gasteiger partial charge on any atom is 0.229 e. The van der Waals surface area contributed by atoms with Gasteiger partial charge in [-0.2, -0.15) is 0 Å². The second-order valence-electron chi connectivity index (χ2n) is 6.99. The molecule has 2 saturated heterocycles. The number of benzene rings is 1. The van der Waals surface area contributed by atoms with Crippen molar-refractivity contribution in [2.45, 2.75) is 13.3 Å². The van der Waals surface area contributed by atoms with Gasteiger partial charge in [-0.15, -0.1) is 0 Å². The van der Waals surface area contributed by atoms with Gasteiger partial charge in [-0.1, -0.05) is 5.16 Å². The topological polar surface area (TPSA) is 69.9 Å². The lowest BCUT2D eigenvalue weighted by Gasteiger charge is -2.37. The van der Waals surface area contributed by atoms with Crippen molar-refractivity contribution in [1.82, 2.24) is 10.1 Å². The predicted octanol–water partition coefficient (Wildman–Crippen LogP) is 1.82. The molecule has 0 spiro atoms. The molecule has 142 valence electrons. The quantitative estimate of drug-likeness (QED) is 0.822. The number of aromatic nitrogens is 1. The molecule has 0 bridgehead atoms. The molecule has 27 heavy (non-hydrogen) atoms. The molecular weight excluding hydrogens is 351 g/mol. The number of anilines is 2. The van der Waals surface area contributed by atoms with Crippen LogP contribution >= 0.6 is 0 Å². The summed E-state index contributed by atoms with van der Waals surface area (Å²) < 4.78 is 18.1. The molecule has 0 saturated carbocycles. The summed E-state index contributed by atoms with van der Waals surface area (Å²) in [5, 5.41) is 3.88. The fourth-order valence-electron chi connectivity index (χ4n) is 3.67. The van der Waals surface area contributed by atoms with Crippen LogP contribution in [-0.2, 0) is 9.59 Å². The molecule has 2 aliphatic heterocycles. The van der Waals surface area contributed by atoms with Crippen molar-refractivity contribution in [2.24, 2.45) is 5.92 Å². The van der Waals surface area contributed by atoms with Crippen LogP contribution in [0, 0.1) is 18.7 Å². The third-order valence-corrected chi connectivity index (χ3v) is 5.15. The number of hydrogen-bond donors (Lipinski definition) is 0. The Kier molecular flexibility index (Phi) is 4.55. The minimum absolute atomic E-state index is 0.00447. The van der Waals surface area contributed by atoms with Crippen LogP contribution in [0.1, 0.15) is 12.2 Å².